The molecule has 1 aliphatic heterocycles. The van der Waals surface area contributed by atoms with Gasteiger partial charge in [0.2, 0.25) is 5.91 Å². The fraction of sp³-hybridized carbons (Fsp3) is 0.800. The number of likely N-dealkylation sites (tertiary alicyclic amines) is 1. The van der Waals surface area contributed by atoms with E-state index < -0.39 is 0 Å². The number of halogens is 1. The van der Waals surface area contributed by atoms with Crippen LogP contribution in [0.15, 0.2) is 4.99 Å². The first-order valence-electron chi connectivity index (χ1n) is 8.01. The lowest BCUT2D eigenvalue weighted by atomic mass is 10.2. The summed E-state index contributed by atoms with van der Waals surface area (Å²) in [6.45, 7) is 6.27. The smallest absolute Gasteiger partial charge is 0.305 e. The third kappa shape index (κ3) is 8.38. The van der Waals surface area contributed by atoms with Crippen molar-refractivity contribution in [3.05, 3.63) is 0 Å². The summed E-state index contributed by atoms with van der Waals surface area (Å²) in [5.74, 6) is 0.734. The fourth-order valence-electron chi connectivity index (χ4n) is 2.39. The van der Waals surface area contributed by atoms with Gasteiger partial charge in [-0.2, -0.15) is 0 Å². The van der Waals surface area contributed by atoms with Gasteiger partial charge in [0.05, 0.1) is 6.61 Å². The zero-order valence-corrected chi connectivity index (χ0v) is 16.6. The number of hydrogen-bond acceptors (Lipinski definition) is 4. The predicted octanol–water partition coefficient (Wildman–Crippen LogP) is 1.12. The van der Waals surface area contributed by atoms with E-state index >= 15 is 0 Å². The summed E-state index contributed by atoms with van der Waals surface area (Å²) in [7, 11) is 1.71. The second-order valence-corrected chi connectivity index (χ2v) is 5.23. The lowest BCUT2D eigenvalue weighted by Crippen LogP contribution is -2.45. The average Bonchev–Trinajstić information content (AvgIpc) is 2.98. The molecule has 0 bridgehead atoms. The molecule has 1 fully saturated rings. The van der Waals surface area contributed by atoms with E-state index in [1.54, 1.807) is 14.0 Å². The Morgan fingerprint density at radius 2 is 2.09 bits per heavy atom. The van der Waals surface area contributed by atoms with Crippen molar-refractivity contribution >= 4 is 41.8 Å². The Hall–Kier alpha value is -1.06. The molecule has 0 radical (unpaired) electrons. The second-order valence-electron chi connectivity index (χ2n) is 5.23. The summed E-state index contributed by atoms with van der Waals surface area (Å²) >= 11 is 0. The topological polar surface area (TPSA) is 83.0 Å². The number of esters is 1. The molecule has 2 N–H and O–H groups in total. The minimum absolute atomic E-state index is 0. The SMILES string of the molecule is CCOC(=O)CCCNC(=NC)NC1CCN(C(=O)CC)C1.I. The Bertz CT molecular complexity index is 404. The van der Waals surface area contributed by atoms with Crippen molar-refractivity contribution in [2.45, 2.75) is 45.6 Å². The highest BCUT2D eigenvalue weighted by atomic mass is 127. The average molecular weight is 440 g/mol. The molecule has 8 heteroatoms. The van der Waals surface area contributed by atoms with Crippen molar-refractivity contribution in [1.29, 1.82) is 0 Å². The van der Waals surface area contributed by atoms with Gasteiger partial charge in [0.25, 0.3) is 0 Å². The quantitative estimate of drug-likeness (QED) is 0.204. The largest absolute Gasteiger partial charge is 0.466 e. The molecule has 0 spiro atoms. The monoisotopic (exact) mass is 440 g/mol. The van der Waals surface area contributed by atoms with Crippen molar-refractivity contribution < 1.29 is 14.3 Å². The third-order valence-electron chi connectivity index (χ3n) is 3.56. The molecule has 1 rings (SSSR count). The molecule has 0 aromatic carbocycles. The van der Waals surface area contributed by atoms with Crippen LogP contribution in [0.4, 0.5) is 0 Å². The molecule has 1 aliphatic rings. The highest BCUT2D eigenvalue weighted by Gasteiger charge is 2.25. The highest BCUT2D eigenvalue weighted by molar-refractivity contribution is 14.0. The van der Waals surface area contributed by atoms with Gasteiger partial charge in [0, 0.05) is 45.6 Å². The van der Waals surface area contributed by atoms with Crippen LogP contribution in [0.5, 0.6) is 0 Å². The van der Waals surface area contributed by atoms with E-state index in [2.05, 4.69) is 15.6 Å². The van der Waals surface area contributed by atoms with Crippen LogP contribution < -0.4 is 10.6 Å². The summed E-state index contributed by atoms with van der Waals surface area (Å²) < 4.78 is 4.88. The summed E-state index contributed by atoms with van der Waals surface area (Å²) in [6.07, 6.45) is 2.58. The maximum atomic E-state index is 11.7. The van der Waals surface area contributed by atoms with E-state index in [1.165, 1.54) is 0 Å². The second kappa shape index (κ2) is 12.4. The normalized spacial score (nSPS) is 17.4. The number of carbonyl (C=O) groups is 2. The van der Waals surface area contributed by atoms with Crippen LogP contribution in [-0.4, -0.2) is 62.1 Å². The zero-order chi connectivity index (χ0) is 16.4. The van der Waals surface area contributed by atoms with E-state index in [0.29, 0.717) is 38.4 Å². The van der Waals surface area contributed by atoms with E-state index in [1.807, 2.05) is 11.8 Å². The Morgan fingerprint density at radius 1 is 1.35 bits per heavy atom. The van der Waals surface area contributed by atoms with Gasteiger partial charge in [0.1, 0.15) is 0 Å². The molecule has 0 saturated carbocycles. The van der Waals surface area contributed by atoms with Crippen molar-refractivity contribution in [2.24, 2.45) is 4.99 Å². The van der Waals surface area contributed by atoms with Crippen LogP contribution in [0.25, 0.3) is 0 Å². The standard InChI is InChI=1S/C15H28N4O3.HI/c1-4-13(20)19-10-8-12(11-19)18-15(16-3)17-9-6-7-14(21)22-5-2;/h12H,4-11H2,1-3H3,(H2,16,17,18);1H. The highest BCUT2D eigenvalue weighted by Crippen LogP contribution is 2.10. The number of nitrogens with zero attached hydrogens (tertiary/aromatic N) is 2. The lowest BCUT2D eigenvalue weighted by Gasteiger charge is -2.18. The van der Waals surface area contributed by atoms with Crippen molar-refractivity contribution in [2.75, 3.05) is 33.3 Å². The van der Waals surface area contributed by atoms with E-state index in [9.17, 15) is 9.59 Å². The summed E-state index contributed by atoms with van der Waals surface area (Å²) in [4.78, 5) is 28.9. The van der Waals surface area contributed by atoms with Crippen LogP contribution in [-0.2, 0) is 14.3 Å². The maximum Gasteiger partial charge on any atom is 0.305 e. The van der Waals surface area contributed by atoms with Crippen molar-refractivity contribution in [3.63, 3.8) is 0 Å². The van der Waals surface area contributed by atoms with E-state index in [0.717, 1.165) is 19.5 Å². The van der Waals surface area contributed by atoms with Crippen molar-refractivity contribution in [3.8, 4) is 0 Å². The number of guanidine groups is 1. The minimum atomic E-state index is -0.170. The minimum Gasteiger partial charge on any atom is -0.466 e. The van der Waals surface area contributed by atoms with Gasteiger partial charge in [-0.25, -0.2) is 0 Å². The molecule has 1 amide bonds. The van der Waals surface area contributed by atoms with E-state index in [-0.39, 0.29) is 41.9 Å². The first-order valence-corrected chi connectivity index (χ1v) is 8.01. The van der Waals surface area contributed by atoms with Crippen LogP contribution in [0, 0.1) is 0 Å². The molecule has 134 valence electrons. The molecule has 1 heterocycles. The predicted molar refractivity (Wildman–Crippen MR) is 101 cm³/mol. The summed E-state index contributed by atoms with van der Waals surface area (Å²) in [5.41, 5.74) is 0. The number of aliphatic imine (C=N–C) groups is 1. The Labute approximate surface area is 155 Å². The van der Waals surface area contributed by atoms with Gasteiger partial charge >= 0.3 is 5.97 Å². The molecule has 23 heavy (non-hydrogen) atoms. The van der Waals surface area contributed by atoms with Crippen LogP contribution in [0.2, 0.25) is 0 Å². The lowest BCUT2D eigenvalue weighted by molar-refractivity contribution is -0.143. The molecule has 0 aromatic heterocycles. The number of nitrogens with one attached hydrogen (secondary N) is 2. The molecule has 1 saturated heterocycles. The number of ether oxygens (including phenoxy) is 1. The van der Waals surface area contributed by atoms with Gasteiger partial charge in [-0.1, -0.05) is 6.92 Å². The molecular formula is C15H29IN4O3. The van der Waals surface area contributed by atoms with Crippen LogP contribution >= 0.6 is 24.0 Å². The Balaban J connectivity index is 0.00000484. The summed E-state index contributed by atoms with van der Waals surface area (Å²) in [6, 6.07) is 0.228. The molecule has 0 aromatic rings. The maximum absolute atomic E-state index is 11.7. The zero-order valence-electron chi connectivity index (χ0n) is 14.3. The molecule has 0 aliphatic carbocycles. The number of carbonyl (C=O) groups excluding carboxylic acids is 2. The van der Waals surface area contributed by atoms with Gasteiger partial charge < -0.3 is 20.3 Å². The first-order chi connectivity index (χ1) is 10.6. The molecule has 7 nitrogen and oxygen atoms in total. The number of hydrogen-bond donors (Lipinski definition) is 2. The Kier molecular flexibility index (Phi) is 11.8. The van der Waals surface area contributed by atoms with Gasteiger partial charge in [-0.05, 0) is 19.8 Å². The summed E-state index contributed by atoms with van der Waals surface area (Å²) in [5, 5.41) is 6.50. The van der Waals surface area contributed by atoms with Gasteiger partial charge in [0.15, 0.2) is 5.96 Å². The van der Waals surface area contributed by atoms with Crippen LogP contribution in [0.3, 0.4) is 0 Å². The molecule has 1 unspecified atom stereocenters. The fourth-order valence-corrected chi connectivity index (χ4v) is 2.39. The van der Waals surface area contributed by atoms with Gasteiger partial charge in [-0.3, -0.25) is 14.6 Å². The molecule has 1 atom stereocenters. The number of amides is 1. The molecular weight excluding hydrogens is 411 g/mol. The Morgan fingerprint density at radius 3 is 2.70 bits per heavy atom. The van der Waals surface area contributed by atoms with E-state index in [4.69, 9.17) is 4.74 Å². The van der Waals surface area contributed by atoms with Crippen molar-refractivity contribution in [1.82, 2.24) is 15.5 Å². The van der Waals surface area contributed by atoms with Gasteiger partial charge in [-0.15, -0.1) is 24.0 Å². The first kappa shape index (κ1) is 21.9. The number of rotatable bonds is 7. The van der Waals surface area contributed by atoms with Crippen LogP contribution in [0.1, 0.15) is 39.5 Å². The third-order valence-corrected chi connectivity index (χ3v) is 3.56.